The van der Waals surface area contributed by atoms with Crippen LogP contribution in [0.3, 0.4) is 0 Å². The molecule has 1 unspecified atom stereocenters. The molecular formula is C18H27N3O4. The molecule has 3 rings (SSSR count). The van der Waals surface area contributed by atoms with E-state index >= 15 is 0 Å². The highest BCUT2D eigenvalue weighted by molar-refractivity contribution is 5.82. The van der Waals surface area contributed by atoms with Crippen LogP contribution in [0.15, 0.2) is 4.52 Å². The summed E-state index contributed by atoms with van der Waals surface area (Å²) < 4.78 is 10.8. The molecule has 7 heteroatoms. The highest BCUT2D eigenvalue weighted by atomic mass is 16.5. The molecule has 2 aliphatic rings. The van der Waals surface area contributed by atoms with Crippen molar-refractivity contribution in [1.82, 2.24) is 15.0 Å². The van der Waals surface area contributed by atoms with Crippen molar-refractivity contribution in [3.63, 3.8) is 0 Å². The lowest BCUT2D eigenvalue weighted by Gasteiger charge is -2.40. The van der Waals surface area contributed by atoms with Crippen LogP contribution in [0.4, 0.5) is 0 Å². The third-order valence-electron chi connectivity index (χ3n) is 5.35. The number of rotatable bonds is 4. The van der Waals surface area contributed by atoms with Crippen LogP contribution in [0.2, 0.25) is 0 Å². The van der Waals surface area contributed by atoms with Crippen LogP contribution in [0, 0.1) is 13.8 Å². The van der Waals surface area contributed by atoms with Crippen molar-refractivity contribution in [3.05, 3.63) is 17.0 Å². The second-order valence-electron chi connectivity index (χ2n) is 7.12. The molecule has 0 aromatic carbocycles. The Morgan fingerprint density at radius 2 is 2.16 bits per heavy atom. The molecular weight excluding hydrogens is 322 g/mol. The molecule has 0 N–H and O–H groups in total. The second kappa shape index (κ2) is 7.15. The number of nitrogens with zero attached hydrogens (tertiary/aromatic N) is 3. The molecule has 2 aliphatic heterocycles. The largest absolute Gasteiger partial charge is 0.379 e. The van der Waals surface area contributed by atoms with E-state index in [9.17, 15) is 9.59 Å². The van der Waals surface area contributed by atoms with Crippen LogP contribution in [0.5, 0.6) is 0 Å². The number of aromatic nitrogens is 1. The summed E-state index contributed by atoms with van der Waals surface area (Å²) in [6, 6.07) is 0. The molecule has 25 heavy (non-hydrogen) atoms. The van der Waals surface area contributed by atoms with Crippen LogP contribution < -0.4 is 0 Å². The molecule has 1 atom stereocenters. The zero-order chi connectivity index (χ0) is 18.0. The number of ether oxygens (including phenoxy) is 1. The fourth-order valence-corrected chi connectivity index (χ4v) is 3.90. The van der Waals surface area contributed by atoms with E-state index in [-0.39, 0.29) is 23.8 Å². The number of carbonyl (C=O) groups is 2. The minimum atomic E-state index is -0.377. The monoisotopic (exact) mass is 349 g/mol. The molecule has 2 amide bonds. The van der Waals surface area contributed by atoms with Crippen molar-refractivity contribution < 1.29 is 18.8 Å². The lowest BCUT2D eigenvalue weighted by molar-refractivity contribution is -0.137. The Balaban J connectivity index is 1.80. The van der Waals surface area contributed by atoms with Gasteiger partial charge in [0.15, 0.2) is 0 Å². The van der Waals surface area contributed by atoms with Crippen LogP contribution in [-0.4, -0.2) is 65.2 Å². The zero-order valence-electron chi connectivity index (χ0n) is 15.3. The third kappa shape index (κ3) is 3.42. The van der Waals surface area contributed by atoms with Crippen molar-refractivity contribution in [2.24, 2.45) is 0 Å². The number of carbonyl (C=O) groups excluding carboxylic acids is 2. The number of aryl methyl sites for hydroxylation is 2. The van der Waals surface area contributed by atoms with Crippen molar-refractivity contribution >= 4 is 11.8 Å². The highest BCUT2D eigenvalue weighted by Crippen LogP contribution is 2.31. The van der Waals surface area contributed by atoms with Gasteiger partial charge in [0, 0.05) is 38.2 Å². The fraction of sp³-hybridized carbons (Fsp3) is 0.722. The molecule has 7 nitrogen and oxygen atoms in total. The van der Waals surface area contributed by atoms with E-state index in [0.717, 1.165) is 24.1 Å². The maximum Gasteiger partial charge on any atom is 0.227 e. The van der Waals surface area contributed by atoms with Gasteiger partial charge in [-0.25, -0.2) is 0 Å². The lowest BCUT2D eigenvalue weighted by Crippen LogP contribution is -2.57. The van der Waals surface area contributed by atoms with Gasteiger partial charge >= 0.3 is 0 Å². The Bertz CT molecular complexity index is 629. The van der Waals surface area contributed by atoms with Crippen LogP contribution in [0.1, 0.15) is 43.2 Å². The summed E-state index contributed by atoms with van der Waals surface area (Å²) >= 11 is 0. The molecule has 2 fully saturated rings. The summed E-state index contributed by atoms with van der Waals surface area (Å²) in [5.41, 5.74) is 1.23. The first-order chi connectivity index (χ1) is 12.0. The Morgan fingerprint density at radius 1 is 1.36 bits per heavy atom. The molecule has 138 valence electrons. The summed E-state index contributed by atoms with van der Waals surface area (Å²) in [5, 5.41) is 3.92. The van der Waals surface area contributed by atoms with Crippen LogP contribution in [0.25, 0.3) is 0 Å². The van der Waals surface area contributed by atoms with Crippen molar-refractivity contribution in [2.75, 3.05) is 32.8 Å². The van der Waals surface area contributed by atoms with E-state index in [2.05, 4.69) is 12.1 Å². The van der Waals surface area contributed by atoms with E-state index in [0.29, 0.717) is 45.0 Å². The van der Waals surface area contributed by atoms with Crippen molar-refractivity contribution in [3.8, 4) is 0 Å². The van der Waals surface area contributed by atoms with E-state index in [1.807, 2.05) is 23.6 Å². The molecule has 0 aliphatic carbocycles. The van der Waals surface area contributed by atoms with Crippen LogP contribution in [-0.2, 0) is 20.7 Å². The predicted octanol–water partition coefficient (Wildman–Crippen LogP) is 1.46. The topological polar surface area (TPSA) is 75.9 Å². The molecule has 1 spiro atoms. The predicted molar refractivity (Wildman–Crippen MR) is 91.0 cm³/mol. The van der Waals surface area contributed by atoms with E-state index in [1.165, 1.54) is 0 Å². The van der Waals surface area contributed by atoms with E-state index in [1.54, 1.807) is 0 Å². The Morgan fingerprint density at radius 3 is 2.76 bits per heavy atom. The molecule has 0 bridgehead atoms. The molecule has 0 saturated carbocycles. The maximum atomic E-state index is 12.9. The van der Waals surface area contributed by atoms with Gasteiger partial charge in [0.25, 0.3) is 0 Å². The summed E-state index contributed by atoms with van der Waals surface area (Å²) in [5.74, 6) is 0.829. The van der Waals surface area contributed by atoms with Gasteiger partial charge in [-0.3, -0.25) is 9.59 Å². The Labute approximate surface area is 148 Å². The van der Waals surface area contributed by atoms with Crippen molar-refractivity contribution in [2.45, 2.75) is 52.0 Å². The van der Waals surface area contributed by atoms with Gasteiger partial charge in [-0.15, -0.1) is 0 Å². The number of hydrogen-bond acceptors (Lipinski definition) is 5. The zero-order valence-corrected chi connectivity index (χ0v) is 15.3. The van der Waals surface area contributed by atoms with Gasteiger partial charge in [-0.2, -0.15) is 0 Å². The molecule has 3 heterocycles. The quantitative estimate of drug-likeness (QED) is 0.823. The maximum absolute atomic E-state index is 12.9. The Hall–Kier alpha value is -1.89. The van der Waals surface area contributed by atoms with Crippen LogP contribution >= 0.6 is 0 Å². The highest BCUT2D eigenvalue weighted by Gasteiger charge is 2.46. The molecule has 0 radical (unpaired) electrons. The van der Waals surface area contributed by atoms with Gasteiger partial charge in [0.05, 0.1) is 24.3 Å². The first-order valence-corrected chi connectivity index (χ1v) is 9.04. The van der Waals surface area contributed by atoms with E-state index < -0.39 is 0 Å². The Kier molecular flexibility index (Phi) is 5.13. The van der Waals surface area contributed by atoms with Gasteiger partial charge in [-0.05, 0) is 26.7 Å². The molecule has 1 aromatic rings. The van der Waals surface area contributed by atoms with Gasteiger partial charge < -0.3 is 19.1 Å². The van der Waals surface area contributed by atoms with Gasteiger partial charge in [0.2, 0.25) is 11.8 Å². The van der Waals surface area contributed by atoms with Gasteiger partial charge in [-0.1, -0.05) is 12.1 Å². The summed E-state index contributed by atoms with van der Waals surface area (Å²) in [7, 11) is 0. The first-order valence-electron chi connectivity index (χ1n) is 9.04. The van der Waals surface area contributed by atoms with Crippen molar-refractivity contribution in [1.29, 1.82) is 0 Å². The third-order valence-corrected chi connectivity index (χ3v) is 5.35. The summed E-state index contributed by atoms with van der Waals surface area (Å²) in [4.78, 5) is 29.4. The van der Waals surface area contributed by atoms with E-state index in [4.69, 9.17) is 9.26 Å². The second-order valence-corrected chi connectivity index (χ2v) is 7.12. The molecule has 2 saturated heterocycles. The minimum absolute atomic E-state index is 0.0202. The number of amides is 2. The minimum Gasteiger partial charge on any atom is -0.379 e. The average Bonchev–Trinajstić information content (AvgIpc) is 3.14. The average molecular weight is 349 g/mol. The number of hydrogen-bond donors (Lipinski definition) is 0. The summed E-state index contributed by atoms with van der Waals surface area (Å²) in [6.45, 7) is 8.61. The van der Waals surface area contributed by atoms with Gasteiger partial charge in [0.1, 0.15) is 5.76 Å². The molecule has 1 aromatic heterocycles. The fourth-order valence-electron chi connectivity index (χ4n) is 3.90. The normalized spacial score (nSPS) is 24.2. The SMILES string of the molecule is CCCN1C(=O)CCN(C(=O)Cc2c(C)noc2C)CC12CCOC2. The first kappa shape index (κ1) is 17.9. The standard InChI is InChI=1S/C18H27N3O4/c1-4-7-21-16(22)5-8-20(11-18(21)6-9-24-12-18)17(23)10-15-13(2)19-25-14(15)3/h4-12H2,1-3H3. The lowest BCUT2D eigenvalue weighted by atomic mass is 9.95. The summed E-state index contributed by atoms with van der Waals surface area (Å²) in [6.07, 6.45) is 2.32. The smallest absolute Gasteiger partial charge is 0.227 e.